The maximum atomic E-state index is 5.36. The second kappa shape index (κ2) is 9.11. The van der Waals surface area contributed by atoms with E-state index in [9.17, 15) is 0 Å². The topological polar surface area (TPSA) is 38.0 Å². The molecule has 2 nitrogen and oxygen atoms in total. The molecule has 0 amide bonds. The first kappa shape index (κ1) is 14.1. The average molecular weight is 242 g/mol. The van der Waals surface area contributed by atoms with E-state index in [1.807, 2.05) is 48.5 Å². The Morgan fingerprint density at radius 3 is 1.89 bits per heavy atom. The molecule has 0 aliphatic carbocycles. The zero-order valence-electron chi connectivity index (χ0n) is 11.0. The van der Waals surface area contributed by atoms with Crippen molar-refractivity contribution in [2.75, 3.05) is 17.6 Å². The van der Waals surface area contributed by atoms with Crippen LogP contribution in [0.1, 0.15) is 19.8 Å². The van der Waals surface area contributed by atoms with E-state index in [0.717, 1.165) is 12.2 Å². The second-order valence-corrected chi connectivity index (χ2v) is 4.06. The summed E-state index contributed by atoms with van der Waals surface area (Å²) in [6, 6.07) is 19.8. The van der Waals surface area contributed by atoms with Crippen LogP contribution in [-0.4, -0.2) is 6.54 Å². The highest BCUT2D eigenvalue weighted by Gasteiger charge is 1.86. The summed E-state index contributed by atoms with van der Waals surface area (Å²) < 4.78 is 0. The fourth-order valence-electron chi connectivity index (χ4n) is 1.42. The van der Waals surface area contributed by atoms with E-state index in [4.69, 9.17) is 5.73 Å². The maximum Gasteiger partial charge on any atom is 0.0340 e. The lowest BCUT2D eigenvalue weighted by atomic mass is 10.3. The summed E-state index contributed by atoms with van der Waals surface area (Å²) in [5.74, 6) is 0. The quantitative estimate of drug-likeness (QED) is 0.624. The molecular weight excluding hydrogens is 220 g/mol. The lowest BCUT2D eigenvalue weighted by molar-refractivity contribution is 0.834. The summed E-state index contributed by atoms with van der Waals surface area (Å²) >= 11 is 0. The van der Waals surface area contributed by atoms with Crippen LogP contribution >= 0.6 is 0 Å². The molecule has 18 heavy (non-hydrogen) atoms. The maximum absolute atomic E-state index is 5.36. The number of nitrogens with two attached hydrogens (primary N) is 1. The minimum Gasteiger partial charge on any atom is -0.399 e. The van der Waals surface area contributed by atoms with Crippen LogP contribution in [0.15, 0.2) is 60.7 Å². The Hall–Kier alpha value is -1.96. The van der Waals surface area contributed by atoms with E-state index >= 15 is 0 Å². The minimum atomic E-state index is 0.822. The predicted molar refractivity (Wildman–Crippen MR) is 80.7 cm³/mol. The van der Waals surface area contributed by atoms with Gasteiger partial charge >= 0.3 is 0 Å². The number of anilines is 2. The van der Waals surface area contributed by atoms with Crippen molar-refractivity contribution in [1.29, 1.82) is 0 Å². The molecule has 3 N–H and O–H groups in total. The second-order valence-electron chi connectivity index (χ2n) is 4.06. The Morgan fingerprint density at radius 1 is 0.889 bits per heavy atom. The normalized spacial score (nSPS) is 9.17. The highest BCUT2D eigenvalue weighted by molar-refractivity contribution is 5.42. The van der Waals surface area contributed by atoms with Gasteiger partial charge in [-0.3, -0.25) is 0 Å². The fraction of sp³-hybridized carbons (Fsp3) is 0.250. The molecule has 2 rings (SSSR count). The van der Waals surface area contributed by atoms with Crippen LogP contribution in [0.25, 0.3) is 0 Å². The molecule has 0 unspecified atom stereocenters. The van der Waals surface area contributed by atoms with Gasteiger partial charge in [-0.05, 0) is 30.7 Å². The van der Waals surface area contributed by atoms with Crippen molar-refractivity contribution < 1.29 is 0 Å². The number of nitrogen functional groups attached to an aromatic ring is 1. The van der Waals surface area contributed by atoms with E-state index < -0.39 is 0 Å². The van der Waals surface area contributed by atoms with Gasteiger partial charge in [-0.25, -0.2) is 0 Å². The number of rotatable bonds is 4. The van der Waals surface area contributed by atoms with Gasteiger partial charge in [0.2, 0.25) is 0 Å². The number of unbranched alkanes of at least 4 members (excludes halogenated alkanes) is 1. The zero-order chi connectivity index (χ0) is 13.1. The van der Waals surface area contributed by atoms with Gasteiger partial charge in [0, 0.05) is 17.9 Å². The first-order valence-corrected chi connectivity index (χ1v) is 6.42. The van der Waals surface area contributed by atoms with Crippen LogP contribution in [0.2, 0.25) is 0 Å². The van der Waals surface area contributed by atoms with Crippen LogP contribution < -0.4 is 11.1 Å². The van der Waals surface area contributed by atoms with Crippen LogP contribution in [-0.2, 0) is 0 Å². The van der Waals surface area contributed by atoms with Gasteiger partial charge in [-0.2, -0.15) is 0 Å². The lowest BCUT2D eigenvalue weighted by Gasteiger charge is -2.03. The molecule has 0 aliphatic rings. The van der Waals surface area contributed by atoms with Gasteiger partial charge in [0.25, 0.3) is 0 Å². The monoisotopic (exact) mass is 242 g/mol. The Morgan fingerprint density at radius 2 is 1.44 bits per heavy atom. The molecule has 0 radical (unpaired) electrons. The molecule has 0 fully saturated rings. The third kappa shape index (κ3) is 6.59. The van der Waals surface area contributed by atoms with Crippen LogP contribution in [0.3, 0.4) is 0 Å². The Balaban J connectivity index is 0.000000199. The number of hydrogen-bond acceptors (Lipinski definition) is 2. The van der Waals surface area contributed by atoms with Gasteiger partial charge in [0.05, 0.1) is 0 Å². The Kier molecular flexibility index (Phi) is 7.14. The molecule has 0 saturated heterocycles. The summed E-state index contributed by atoms with van der Waals surface area (Å²) in [5, 5.41) is 3.35. The molecular formula is C16H22N2. The van der Waals surface area contributed by atoms with E-state index in [1.54, 1.807) is 0 Å². The van der Waals surface area contributed by atoms with Crippen molar-refractivity contribution in [3.05, 3.63) is 60.7 Å². The van der Waals surface area contributed by atoms with Gasteiger partial charge in [-0.15, -0.1) is 0 Å². The zero-order valence-corrected chi connectivity index (χ0v) is 11.0. The van der Waals surface area contributed by atoms with E-state index in [2.05, 4.69) is 24.4 Å². The number of benzene rings is 2. The van der Waals surface area contributed by atoms with Crippen LogP contribution in [0.4, 0.5) is 11.4 Å². The molecule has 0 heterocycles. The van der Waals surface area contributed by atoms with Gasteiger partial charge in [0.15, 0.2) is 0 Å². The largest absolute Gasteiger partial charge is 0.399 e. The minimum absolute atomic E-state index is 0.822. The van der Waals surface area contributed by atoms with Crippen molar-refractivity contribution in [1.82, 2.24) is 0 Å². The lowest BCUT2D eigenvalue weighted by Crippen LogP contribution is -1.99. The molecule has 2 aromatic rings. The average Bonchev–Trinajstić information content (AvgIpc) is 2.42. The van der Waals surface area contributed by atoms with E-state index in [-0.39, 0.29) is 0 Å². The standard InChI is InChI=1S/C10H15N.C6H7N/c1-2-3-9-11-10-7-5-4-6-8-10;7-6-4-2-1-3-5-6/h4-8,11H,2-3,9H2,1H3;1-5H,7H2. The van der Waals surface area contributed by atoms with Gasteiger partial charge in [-0.1, -0.05) is 49.7 Å². The van der Waals surface area contributed by atoms with E-state index in [0.29, 0.717) is 0 Å². The molecule has 2 aromatic carbocycles. The van der Waals surface area contributed by atoms with Crippen molar-refractivity contribution in [2.45, 2.75) is 19.8 Å². The van der Waals surface area contributed by atoms with Crippen LogP contribution in [0.5, 0.6) is 0 Å². The summed E-state index contributed by atoms with van der Waals surface area (Å²) in [6.45, 7) is 3.28. The fourth-order valence-corrected chi connectivity index (χ4v) is 1.42. The summed E-state index contributed by atoms with van der Waals surface area (Å²) in [5.41, 5.74) is 7.40. The molecule has 0 aromatic heterocycles. The summed E-state index contributed by atoms with van der Waals surface area (Å²) in [7, 11) is 0. The molecule has 0 aliphatic heterocycles. The third-order valence-electron chi connectivity index (χ3n) is 2.43. The SMILES string of the molecule is CCCCNc1ccccc1.Nc1ccccc1. The molecule has 0 bridgehead atoms. The molecule has 0 saturated carbocycles. The van der Waals surface area contributed by atoms with E-state index in [1.165, 1.54) is 18.5 Å². The van der Waals surface area contributed by atoms with Gasteiger partial charge < -0.3 is 11.1 Å². The molecule has 0 atom stereocenters. The van der Waals surface area contributed by atoms with Crippen molar-refractivity contribution in [3.63, 3.8) is 0 Å². The van der Waals surface area contributed by atoms with Crippen molar-refractivity contribution >= 4 is 11.4 Å². The summed E-state index contributed by atoms with van der Waals surface area (Å²) in [6.07, 6.45) is 2.49. The first-order valence-electron chi connectivity index (χ1n) is 6.42. The highest BCUT2D eigenvalue weighted by Crippen LogP contribution is 2.04. The number of hydrogen-bond donors (Lipinski definition) is 2. The molecule has 0 spiro atoms. The first-order chi connectivity index (χ1) is 8.83. The Bertz CT molecular complexity index is 398. The van der Waals surface area contributed by atoms with Gasteiger partial charge in [0.1, 0.15) is 0 Å². The molecule has 2 heteroatoms. The number of para-hydroxylation sites is 2. The molecule has 96 valence electrons. The predicted octanol–water partition coefficient (Wildman–Crippen LogP) is 4.17. The smallest absolute Gasteiger partial charge is 0.0340 e. The highest BCUT2D eigenvalue weighted by atomic mass is 14.9. The summed E-state index contributed by atoms with van der Waals surface area (Å²) in [4.78, 5) is 0. The van der Waals surface area contributed by atoms with Crippen LogP contribution in [0, 0.1) is 0 Å². The van der Waals surface area contributed by atoms with Crippen molar-refractivity contribution in [3.8, 4) is 0 Å². The third-order valence-corrected chi connectivity index (χ3v) is 2.43. The Labute approximate surface area is 110 Å². The van der Waals surface area contributed by atoms with Crippen molar-refractivity contribution in [2.24, 2.45) is 0 Å². The number of nitrogens with one attached hydrogen (secondary N) is 1.